The first-order valence-corrected chi connectivity index (χ1v) is 13.0. The molecule has 1 aromatic rings. The van der Waals surface area contributed by atoms with Gasteiger partial charge in [-0.05, 0) is 0 Å². The summed E-state index contributed by atoms with van der Waals surface area (Å²) < 4.78 is 59.4. The van der Waals surface area contributed by atoms with Gasteiger partial charge >= 0.3 is 18.6 Å². The minimum atomic E-state index is -6.00. The number of rotatable bonds is 4. The third-order valence-corrected chi connectivity index (χ3v) is 9.19. The Morgan fingerprint density at radius 1 is 0.706 bits per heavy atom. The topological polar surface area (TPSA) is 38.4 Å². The van der Waals surface area contributed by atoms with Crippen molar-refractivity contribution in [3.63, 3.8) is 0 Å². The first-order chi connectivity index (χ1) is 14.4. The van der Waals surface area contributed by atoms with Crippen molar-refractivity contribution in [2.45, 2.75) is 104 Å². The smallest absolute Gasteiger partial charge is 0 e. The summed E-state index contributed by atoms with van der Waals surface area (Å²) >= 11 is 0. The van der Waals surface area contributed by atoms with E-state index in [2.05, 4.69) is 95.8 Å². The van der Waals surface area contributed by atoms with Crippen LogP contribution in [0.4, 0.5) is 17.3 Å². The minimum Gasteiger partial charge on any atom is -1.00 e. The van der Waals surface area contributed by atoms with Gasteiger partial charge in [-0.1, -0.05) is 89.2 Å². The number of benzene rings is 1. The summed E-state index contributed by atoms with van der Waals surface area (Å²) in [6, 6.07) is 9.39. The Kier molecular flexibility index (Phi) is 16.4. The number of hydrogen-bond donors (Lipinski definition) is 0. The van der Waals surface area contributed by atoms with Gasteiger partial charge in [-0.25, -0.2) is 0 Å². The van der Waals surface area contributed by atoms with Gasteiger partial charge in [-0.3, -0.25) is 0 Å². The predicted octanol–water partition coefficient (Wildman–Crippen LogP) is 9.72. The van der Waals surface area contributed by atoms with Crippen molar-refractivity contribution in [2.24, 2.45) is 0 Å². The van der Waals surface area contributed by atoms with Crippen molar-refractivity contribution < 1.29 is 53.9 Å². The summed E-state index contributed by atoms with van der Waals surface area (Å²) in [6.07, 6.45) is 0. The van der Waals surface area contributed by atoms with Crippen LogP contribution in [0.1, 0.15) is 85.9 Å². The molecule has 1 aromatic carbocycles. The molecule has 0 spiro atoms. The van der Waals surface area contributed by atoms with Crippen LogP contribution in [-0.4, -0.2) is 27.9 Å². The molecule has 0 fully saturated rings. The average molecular weight is 707 g/mol. The van der Waals surface area contributed by atoms with Crippen molar-refractivity contribution in [3.05, 3.63) is 30.9 Å². The molecule has 0 amide bonds. The number of hydrogen-bond acceptors (Lipinski definition) is 2. The first-order valence-electron chi connectivity index (χ1n) is 10.5. The summed E-state index contributed by atoms with van der Waals surface area (Å²) in [5.74, 6) is 1.58. The second-order valence-corrected chi connectivity index (χ2v) is 18.2. The zero-order chi connectivity index (χ0) is 27.1. The summed E-state index contributed by atoms with van der Waals surface area (Å²) in [5.41, 5.74) is 0. The molecule has 0 N–H and O–H groups in total. The zero-order valence-electron chi connectivity index (χ0n) is 24.3. The van der Waals surface area contributed by atoms with Gasteiger partial charge in [0, 0.05) is 52.2 Å². The van der Waals surface area contributed by atoms with Crippen LogP contribution in [0, 0.1) is 12.7 Å². The Labute approximate surface area is 223 Å². The standard InChI is InChI=1S/C22H39O2P2.CO.BF4.Ir.2H/c1-19(2,3)25(20(4,5)6)23-17-14-13-15-18(16-17)24-26(21(7,8)9)22(10,11)12;1-2;2-1(3,4)5;;;/h13-15H,1-12H3;;;;;/q-1;;-1;;2*-1. The molecule has 0 aromatic heterocycles. The van der Waals surface area contributed by atoms with Crippen LogP contribution in [0.15, 0.2) is 18.2 Å². The van der Waals surface area contributed by atoms with Gasteiger partial charge in [0.25, 0.3) is 0 Å². The van der Waals surface area contributed by atoms with Crippen molar-refractivity contribution in [1.82, 2.24) is 0 Å². The van der Waals surface area contributed by atoms with Gasteiger partial charge in [-0.15, -0.1) is 12.1 Å². The Balaban J connectivity index is -0.000000285. The summed E-state index contributed by atoms with van der Waals surface area (Å²) in [6.45, 7) is 31.5. The fraction of sp³-hybridized carbons (Fsp3) is 0.696. The van der Waals surface area contributed by atoms with E-state index in [-0.39, 0.29) is 43.6 Å². The van der Waals surface area contributed by atoms with E-state index < -0.39 is 23.6 Å². The van der Waals surface area contributed by atoms with Crippen LogP contribution in [0.2, 0.25) is 0 Å². The van der Waals surface area contributed by atoms with Crippen molar-refractivity contribution >= 4 is 23.6 Å². The van der Waals surface area contributed by atoms with Crippen LogP contribution in [0.25, 0.3) is 0 Å². The fourth-order valence-electron chi connectivity index (χ4n) is 3.29. The molecule has 205 valence electrons. The van der Waals surface area contributed by atoms with E-state index in [1.807, 2.05) is 18.2 Å². The molecule has 0 aliphatic heterocycles. The van der Waals surface area contributed by atoms with Crippen LogP contribution in [0.3, 0.4) is 0 Å². The van der Waals surface area contributed by atoms with Gasteiger partial charge in [0.05, 0.1) is 16.3 Å². The van der Waals surface area contributed by atoms with Crippen LogP contribution >= 0.6 is 16.3 Å². The molecule has 0 heterocycles. The molecule has 0 saturated heterocycles. The summed E-state index contributed by atoms with van der Waals surface area (Å²) in [4.78, 5) is 0. The maximum atomic E-state index is 9.75. The van der Waals surface area contributed by atoms with E-state index in [9.17, 15) is 17.3 Å². The van der Waals surface area contributed by atoms with Crippen molar-refractivity contribution in [3.8, 4) is 11.5 Å². The molecule has 3 nitrogen and oxygen atoms in total. The average Bonchev–Trinajstić information content (AvgIpc) is 2.54. The number of halogens is 4. The van der Waals surface area contributed by atoms with Gasteiger partial charge in [0.2, 0.25) is 0 Å². The van der Waals surface area contributed by atoms with Gasteiger partial charge in [0.15, 0.2) is 0 Å². The van der Waals surface area contributed by atoms with Gasteiger partial charge < -0.3 is 29.2 Å². The molecule has 0 aliphatic rings. The largest absolute Gasteiger partial charge is 1.00 e. The summed E-state index contributed by atoms with van der Waals surface area (Å²) in [7, 11) is -7.36. The van der Waals surface area contributed by atoms with Crippen LogP contribution in [0.5, 0.6) is 11.5 Å². The van der Waals surface area contributed by atoms with E-state index in [0.29, 0.717) is 0 Å². The predicted molar refractivity (Wildman–Crippen MR) is 136 cm³/mol. The van der Waals surface area contributed by atoms with Crippen molar-refractivity contribution in [2.75, 3.05) is 0 Å². The summed E-state index contributed by atoms with van der Waals surface area (Å²) in [5, 5.41) is 0.396. The van der Waals surface area contributed by atoms with E-state index >= 15 is 0 Å². The quantitative estimate of drug-likeness (QED) is 0.103. The van der Waals surface area contributed by atoms with Gasteiger partial charge in [0.1, 0.15) is 0 Å². The Morgan fingerprint density at radius 2 is 0.912 bits per heavy atom. The Morgan fingerprint density at radius 3 is 1.09 bits per heavy atom. The minimum absolute atomic E-state index is 0. The maximum absolute atomic E-state index is 9.75. The fourth-order valence-corrected chi connectivity index (χ4v) is 9.02. The maximum Gasteiger partial charge on any atom is 0 e. The zero-order valence-corrected chi connectivity index (χ0v) is 26.5. The molecule has 0 bridgehead atoms. The molecule has 0 unspecified atom stereocenters. The second-order valence-electron chi connectivity index (χ2n) is 11.3. The Bertz CT molecular complexity index is 663. The monoisotopic (exact) mass is 707 g/mol. The molecule has 0 saturated carbocycles. The first kappa shape index (κ1) is 38.4. The molecule has 1 radical (unpaired) electrons. The molecular formula is C23H41BF4IrO3P2-4. The normalized spacial score (nSPS) is 12.6. The third kappa shape index (κ3) is 17.3. The van der Waals surface area contributed by atoms with E-state index in [0.717, 1.165) is 11.5 Å². The van der Waals surface area contributed by atoms with E-state index in [4.69, 9.17) is 13.7 Å². The van der Waals surface area contributed by atoms with Crippen LogP contribution < -0.4 is 9.05 Å². The van der Waals surface area contributed by atoms with Crippen molar-refractivity contribution in [1.29, 1.82) is 0 Å². The molecule has 0 aliphatic carbocycles. The van der Waals surface area contributed by atoms with Gasteiger partial charge in [-0.2, -0.15) is 6.07 Å². The molecule has 1 rings (SSSR count). The van der Waals surface area contributed by atoms with Crippen LogP contribution in [-0.2, 0) is 24.8 Å². The molecular weight excluding hydrogens is 665 g/mol. The third-order valence-electron chi connectivity index (χ3n) is 3.56. The Hall–Kier alpha value is -0.146. The molecule has 34 heavy (non-hydrogen) atoms. The molecule has 0 atom stereocenters. The second kappa shape index (κ2) is 14.6. The SMILES string of the molecule is CC(C)(C)P(Oc1[c-]c(OP(C(C)(C)C)C(C)(C)C)ccc1)C(C)(C)C.F[B-](F)(F)F.[C-]#[O+].[H-].[H-].[Ir]. The molecule has 11 heteroatoms. The van der Waals surface area contributed by atoms with E-state index in [1.165, 1.54) is 0 Å². The van der Waals surface area contributed by atoms with E-state index in [1.54, 1.807) is 0 Å².